The molecule has 2 N–H and O–H groups in total. The van der Waals surface area contributed by atoms with E-state index in [-0.39, 0.29) is 12.4 Å². The van der Waals surface area contributed by atoms with Gasteiger partial charge in [-0.2, -0.15) is 13.2 Å². The predicted molar refractivity (Wildman–Crippen MR) is 56.2 cm³/mol. The largest absolute Gasteiger partial charge is 0.416 e. The van der Waals surface area contributed by atoms with Gasteiger partial charge in [-0.15, -0.1) is 12.4 Å². The lowest BCUT2D eigenvalue weighted by Gasteiger charge is -2.15. The summed E-state index contributed by atoms with van der Waals surface area (Å²) in [4.78, 5) is 0. The zero-order valence-electron chi connectivity index (χ0n) is 8.85. The second-order valence-electron chi connectivity index (χ2n) is 3.47. The number of alkyl halides is 5. The van der Waals surface area contributed by atoms with E-state index in [9.17, 15) is 26.3 Å². The molecule has 1 nitrogen and oxygen atoms in total. The minimum absolute atomic E-state index is 0. The van der Waals surface area contributed by atoms with Crippen molar-refractivity contribution in [2.45, 2.75) is 25.1 Å². The van der Waals surface area contributed by atoms with Crippen LogP contribution in [0.3, 0.4) is 0 Å². The maximum absolute atomic E-state index is 13.2. The second kappa shape index (κ2) is 6.29. The summed E-state index contributed by atoms with van der Waals surface area (Å²) < 4.78 is 74.1. The lowest BCUT2D eigenvalue weighted by atomic mass is 10.0. The van der Waals surface area contributed by atoms with Crippen LogP contribution in [0.2, 0.25) is 0 Å². The van der Waals surface area contributed by atoms with Crippen molar-refractivity contribution >= 4 is 12.4 Å². The first-order valence-corrected chi connectivity index (χ1v) is 4.62. The maximum Gasteiger partial charge on any atom is 0.416 e. The smallest absolute Gasteiger partial charge is 0.324 e. The predicted octanol–water partition coefficient (Wildman–Crippen LogP) is 3.92. The van der Waals surface area contributed by atoms with Gasteiger partial charge in [-0.1, -0.05) is 0 Å². The zero-order valence-corrected chi connectivity index (χ0v) is 9.66. The normalized spacial score (nSPS) is 13.3. The monoisotopic (exact) mass is 293 g/mol. The molecular formula is C10H10ClF6N. The van der Waals surface area contributed by atoms with Gasteiger partial charge in [0.2, 0.25) is 6.43 Å². The number of hydrogen-bond donors (Lipinski definition) is 1. The molecule has 0 amide bonds. The Morgan fingerprint density at radius 3 is 2.17 bits per heavy atom. The molecule has 1 rings (SSSR count). The topological polar surface area (TPSA) is 26.0 Å². The molecule has 1 atom stereocenters. The molecule has 0 spiro atoms. The summed E-state index contributed by atoms with van der Waals surface area (Å²) in [5.74, 6) is -1.02. The van der Waals surface area contributed by atoms with Gasteiger partial charge in [0.15, 0.2) is 0 Å². The molecule has 0 radical (unpaired) electrons. The van der Waals surface area contributed by atoms with Crippen molar-refractivity contribution in [1.29, 1.82) is 0 Å². The van der Waals surface area contributed by atoms with Gasteiger partial charge in [0, 0.05) is 18.0 Å². The van der Waals surface area contributed by atoms with Crippen molar-refractivity contribution < 1.29 is 26.3 Å². The third-order valence-electron chi connectivity index (χ3n) is 2.15. The molecule has 0 aliphatic rings. The van der Waals surface area contributed by atoms with Crippen LogP contribution in [-0.2, 0) is 6.18 Å². The van der Waals surface area contributed by atoms with Crippen molar-refractivity contribution in [2.24, 2.45) is 5.73 Å². The summed E-state index contributed by atoms with van der Waals surface area (Å²) in [7, 11) is 0. The van der Waals surface area contributed by atoms with E-state index >= 15 is 0 Å². The molecule has 0 aliphatic carbocycles. The Morgan fingerprint density at radius 2 is 1.72 bits per heavy atom. The van der Waals surface area contributed by atoms with Crippen molar-refractivity contribution in [3.63, 3.8) is 0 Å². The molecule has 8 heteroatoms. The lowest BCUT2D eigenvalue weighted by Crippen LogP contribution is -2.17. The zero-order chi connectivity index (χ0) is 13.2. The third kappa shape index (κ3) is 4.38. The SMILES string of the molecule is Cl.N[C@H](CC(F)F)c1cc(C(F)(F)F)ccc1F. The highest BCUT2D eigenvalue weighted by molar-refractivity contribution is 5.85. The van der Waals surface area contributed by atoms with Crippen LogP contribution in [0.1, 0.15) is 23.6 Å². The number of nitrogens with two attached hydrogens (primary N) is 1. The lowest BCUT2D eigenvalue weighted by molar-refractivity contribution is -0.137. The van der Waals surface area contributed by atoms with Gasteiger partial charge in [0.05, 0.1) is 5.56 Å². The van der Waals surface area contributed by atoms with E-state index in [0.717, 1.165) is 0 Å². The molecule has 0 fully saturated rings. The highest BCUT2D eigenvalue weighted by Crippen LogP contribution is 2.32. The molecule has 0 aliphatic heterocycles. The van der Waals surface area contributed by atoms with Gasteiger partial charge in [-0.3, -0.25) is 0 Å². The Hall–Kier alpha value is -0.950. The van der Waals surface area contributed by atoms with E-state index in [4.69, 9.17) is 5.73 Å². The molecule has 1 aromatic rings. The van der Waals surface area contributed by atoms with Crippen LogP contribution in [0.25, 0.3) is 0 Å². The Morgan fingerprint density at radius 1 is 1.17 bits per heavy atom. The summed E-state index contributed by atoms with van der Waals surface area (Å²) in [5.41, 5.74) is 3.55. The molecule has 0 saturated carbocycles. The van der Waals surface area contributed by atoms with Crippen molar-refractivity contribution in [2.75, 3.05) is 0 Å². The average Bonchev–Trinajstić information content (AvgIpc) is 2.15. The van der Waals surface area contributed by atoms with Gasteiger partial charge >= 0.3 is 6.18 Å². The van der Waals surface area contributed by atoms with Crippen LogP contribution in [0, 0.1) is 5.82 Å². The van der Waals surface area contributed by atoms with Crippen LogP contribution in [0.5, 0.6) is 0 Å². The molecule has 1 aromatic carbocycles. The first kappa shape index (κ1) is 17.1. The molecule has 0 aromatic heterocycles. The fraction of sp³-hybridized carbons (Fsp3) is 0.400. The van der Waals surface area contributed by atoms with E-state index in [1.165, 1.54) is 0 Å². The van der Waals surface area contributed by atoms with Crippen molar-refractivity contribution in [3.05, 3.63) is 35.1 Å². The summed E-state index contributed by atoms with van der Waals surface area (Å²) in [6, 6.07) is 0.108. The van der Waals surface area contributed by atoms with Crippen LogP contribution in [-0.4, -0.2) is 6.43 Å². The van der Waals surface area contributed by atoms with Crippen LogP contribution in [0.15, 0.2) is 18.2 Å². The minimum Gasteiger partial charge on any atom is -0.324 e. The van der Waals surface area contributed by atoms with E-state index in [0.29, 0.717) is 18.2 Å². The summed E-state index contributed by atoms with van der Waals surface area (Å²) in [6.07, 6.45) is -8.36. The minimum atomic E-state index is -4.66. The van der Waals surface area contributed by atoms with Crippen LogP contribution in [0.4, 0.5) is 26.3 Å². The van der Waals surface area contributed by atoms with Crippen LogP contribution >= 0.6 is 12.4 Å². The first-order valence-electron chi connectivity index (χ1n) is 4.62. The first-order chi connectivity index (χ1) is 7.71. The van der Waals surface area contributed by atoms with E-state index < -0.39 is 42.0 Å². The number of rotatable bonds is 3. The van der Waals surface area contributed by atoms with E-state index in [2.05, 4.69) is 0 Å². The molecular weight excluding hydrogens is 284 g/mol. The summed E-state index contributed by atoms with van der Waals surface area (Å²) >= 11 is 0. The quantitative estimate of drug-likeness (QED) is 0.840. The molecule has 104 valence electrons. The Bertz CT molecular complexity index is 392. The standard InChI is InChI=1S/C10H9F6N.ClH/c11-7-2-1-5(10(14,15)16)3-6(7)8(17)4-9(12)13;/h1-3,8-9H,4,17H2;1H/t8-;/m1./s1. The highest BCUT2D eigenvalue weighted by Gasteiger charge is 2.31. The summed E-state index contributed by atoms with van der Waals surface area (Å²) in [5, 5.41) is 0. The van der Waals surface area contributed by atoms with E-state index in [1.807, 2.05) is 0 Å². The molecule has 0 heterocycles. The Balaban J connectivity index is 0.00000289. The third-order valence-corrected chi connectivity index (χ3v) is 2.15. The highest BCUT2D eigenvalue weighted by atomic mass is 35.5. The number of benzene rings is 1. The Labute approximate surface area is 105 Å². The van der Waals surface area contributed by atoms with Gasteiger partial charge in [-0.05, 0) is 18.2 Å². The molecule has 18 heavy (non-hydrogen) atoms. The summed E-state index contributed by atoms with van der Waals surface area (Å²) in [6.45, 7) is 0. The average molecular weight is 294 g/mol. The van der Waals surface area contributed by atoms with Crippen LogP contribution < -0.4 is 5.73 Å². The van der Waals surface area contributed by atoms with Gasteiger partial charge in [0.1, 0.15) is 5.82 Å². The Kier molecular flexibility index (Phi) is 5.95. The number of hydrogen-bond acceptors (Lipinski definition) is 1. The van der Waals surface area contributed by atoms with E-state index in [1.54, 1.807) is 0 Å². The number of halogens is 7. The van der Waals surface area contributed by atoms with Gasteiger partial charge in [0.25, 0.3) is 0 Å². The second-order valence-corrected chi connectivity index (χ2v) is 3.47. The maximum atomic E-state index is 13.2. The molecule has 0 saturated heterocycles. The molecule has 0 bridgehead atoms. The van der Waals surface area contributed by atoms with Gasteiger partial charge in [-0.25, -0.2) is 13.2 Å². The fourth-order valence-electron chi connectivity index (χ4n) is 1.32. The molecule has 0 unspecified atom stereocenters. The van der Waals surface area contributed by atoms with Crippen molar-refractivity contribution in [1.82, 2.24) is 0 Å². The van der Waals surface area contributed by atoms with Gasteiger partial charge < -0.3 is 5.73 Å². The van der Waals surface area contributed by atoms with Crippen molar-refractivity contribution in [3.8, 4) is 0 Å². The fourth-order valence-corrected chi connectivity index (χ4v) is 1.32.